The highest BCUT2D eigenvalue weighted by molar-refractivity contribution is 5.99. The fraction of sp³-hybridized carbons (Fsp3) is 0.261. The van der Waals surface area contributed by atoms with Gasteiger partial charge in [0.1, 0.15) is 17.4 Å². The van der Waals surface area contributed by atoms with Crippen molar-refractivity contribution in [1.29, 1.82) is 0 Å². The molecule has 0 atom stereocenters. The van der Waals surface area contributed by atoms with Crippen LogP contribution >= 0.6 is 0 Å². The minimum atomic E-state index is -0.305. The largest absolute Gasteiger partial charge is 0.497 e. The summed E-state index contributed by atoms with van der Waals surface area (Å²) in [4.78, 5) is 14.0. The Labute approximate surface area is 185 Å². The SMILES string of the molecule is COc1ccc(-n2nc3nc(N4CCN(C)CC4)nc(-c4ccc(F)cc4)c3c2N)cc1. The molecule has 1 fully saturated rings. The molecule has 4 aromatic rings. The van der Waals surface area contributed by atoms with Gasteiger partial charge in [-0.05, 0) is 55.6 Å². The van der Waals surface area contributed by atoms with E-state index in [2.05, 4.69) is 16.8 Å². The molecule has 0 saturated carbocycles. The molecular weight excluding hydrogens is 409 g/mol. The number of hydrogen-bond acceptors (Lipinski definition) is 7. The van der Waals surface area contributed by atoms with Gasteiger partial charge in [0.15, 0.2) is 5.65 Å². The summed E-state index contributed by atoms with van der Waals surface area (Å²) in [5.41, 5.74) is 9.24. The number of hydrogen-bond donors (Lipinski definition) is 1. The number of nitrogens with zero attached hydrogens (tertiary/aromatic N) is 6. The second-order valence-corrected chi connectivity index (χ2v) is 7.86. The summed E-state index contributed by atoms with van der Waals surface area (Å²) in [5.74, 6) is 1.46. The van der Waals surface area contributed by atoms with E-state index in [9.17, 15) is 4.39 Å². The normalized spacial score (nSPS) is 14.8. The highest BCUT2D eigenvalue weighted by Crippen LogP contribution is 2.34. The van der Waals surface area contributed by atoms with Gasteiger partial charge in [-0.25, -0.2) is 14.1 Å². The van der Waals surface area contributed by atoms with Gasteiger partial charge in [0, 0.05) is 31.7 Å². The smallest absolute Gasteiger partial charge is 0.228 e. The minimum absolute atomic E-state index is 0.305. The first-order valence-corrected chi connectivity index (χ1v) is 10.4. The Morgan fingerprint density at radius 3 is 2.28 bits per heavy atom. The molecule has 0 bridgehead atoms. The molecule has 0 spiro atoms. The van der Waals surface area contributed by atoms with E-state index in [0.29, 0.717) is 28.5 Å². The molecule has 164 valence electrons. The summed E-state index contributed by atoms with van der Waals surface area (Å²) in [5, 5.41) is 5.34. The molecule has 3 heterocycles. The van der Waals surface area contributed by atoms with Gasteiger partial charge in [0.25, 0.3) is 0 Å². The summed E-state index contributed by atoms with van der Waals surface area (Å²) >= 11 is 0. The highest BCUT2D eigenvalue weighted by Gasteiger charge is 2.23. The van der Waals surface area contributed by atoms with Crippen LogP contribution in [0.15, 0.2) is 48.5 Å². The van der Waals surface area contributed by atoms with Gasteiger partial charge in [0.05, 0.1) is 23.9 Å². The first kappa shape index (κ1) is 20.2. The van der Waals surface area contributed by atoms with Crippen LogP contribution in [0.3, 0.4) is 0 Å². The third-order valence-electron chi connectivity index (χ3n) is 5.78. The van der Waals surface area contributed by atoms with Crippen LogP contribution in [0.1, 0.15) is 0 Å². The van der Waals surface area contributed by atoms with Crippen molar-refractivity contribution in [2.24, 2.45) is 0 Å². The average molecular weight is 433 g/mol. The van der Waals surface area contributed by atoms with E-state index < -0.39 is 0 Å². The van der Waals surface area contributed by atoms with Crippen molar-refractivity contribution in [3.8, 4) is 22.7 Å². The Bertz CT molecular complexity index is 1250. The van der Waals surface area contributed by atoms with Gasteiger partial charge in [-0.3, -0.25) is 0 Å². The van der Waals surface area contributed by atoms with Crippen LogP contribution < -0.4 is 15.4 Å². The number of ether oxygens (including phenoxy) is 1. The molecule has 8 nitrogen and oxygen atoms in total. The van der Waals surface area contributed by atoms with Crippen LogP contribution in [-0.4, -0.2) is 65.0 Å². The number of nitrogens with two attached hydrogens (primary N) is 1. The van der Waals surface area contributed by atoms with Crippen LogP contribution in [-0.2, 0) is 0 Å². The van der Waals surface area contributed by atoms with Gasteiger partial charge in [0.2, 0.25) is 5.95 Å². The number of anilines is 2. The van der Waals surface area contributed by atoms with E-state index in [1.165, 1.54) is 12.1 Å². The quantitative estimate of drug-likeness (QED) is 0.530. The van der Waals surface area contributed by atoms with Gasteiger partial charge in [-0.2, -0.15) is 4.98 Å². The number of nitrogen functional groups attached to an aromatic ring is 1. The van der Waals surface area contributed by atoms with Gasteiger partial charge < -0.3 is 20.3 Å². The maximum absolute atomic E-state index is 13.6. The number of benzene rings is 2. The number of methoxy groups -OCH3 is 1. The third kappa shape index (κ3) is 3.60. The van der Waals surface area contributed by atoms with E-state index in [-0.39, 0.29) is 5.82 Å². The first-order valence-electron chi connectivity index (χ1n) is 10.4. The average Bonchev–Trinajstić information content (AvgIpc) is 3.16. The van der Waals surface area contributed by atoms with Crippen LogP contribution in [0.4, 0.5) is 16.2 Å². The zero-order valence-corrected chi connectivity index (χ0v) is 18.0. The summed E-state index contributed by atoms with van der Waals surface area (Å²) in [6.07, 6.45) is 0. The molecule has 2 N–H and O–H groups in total. The molecule has 2 aromatic heterocycles. The predicted octanol–water partition coefficient (Wildman–Crippen LogP) is 2.96. The molecule has 5 rings (SSSR count). The maximum atomic E-state index is 13.6. The zero-order chi connectivity index (χ0) is 22.2. The van der Waals surface area contributed by atoms with Gasteiger partial charge in [-0.15, -0.1) is 5.10 Å². The Morgan fingerprint density at radius 1 is 0.938 bits per heavy atom. The molecule has 0 unspecified atom stereocenters. The van der Waals surface area contributed by atoms with Crippen molar-refractivity contribution in [2.75, 3.05) is 51.0 Å². The van der Waals surface area contributed by atoms with Crippen LogP contribution in [0, 0.1) is 5.82 Å². The second-order valence-electron chi connectivity index (χ2n) is 7.86. The minimum Gasteiger partial charge on any atom is -0.497 e. The molecule has 2 aromatic carbocycles. The first-order chi connectivity index (χ1) is 15.5. The predicted molar refractivity (Wildman–Crippen MR) is 123 cm³/mol. The van der Waals surface area contributed by atoms with E-state index in [4.69, 9.17) is 25.5 Å². The maximum Gasteiger partial charge on any atom is 0.228 e. The number of likely N-dealkylation sites (N-methyl/N-ethyl adjacent to an activating group) is 1. The van der Waals surface area contributed by atoms with E-state index in [0.717, 1.165) is 43.2 Å². The Kier molecular flexibility index (Phi) is 5.10. The topological polar surface area (TPSA) is 85.3 Å². The number of halogens is 1. The Morgan fingerprint density at radius 2 is 1.62 bits per heavy atom. The number of piperazine rings is 1. The fourth-order valence-electron chi connectivity index (χ4n) is 3.88. The van der Waals surface area contributed by atoms with E-state index >= 15 is 0 Å². The lowest BCUT2D eigenvalue weighted by Gasteiger charge is -2.32. The van der Waals surface area contributed by atoms with Gasteiger partial charge >= 0.3 is 0 Å². The molecule has 9 heteroatoms. The molecule has 1 aliphatic rings. The number of fused-ring (bicyclic) bond motifs is 1. The van der Waals surface area contributed by atoms with Gasteiger partial charge in [-0.1, -0.05) is 0 Å². The van der Waals surface area contributed by atoms with Crippen molar-refractivity contribution >= 4 is 22.8 Å². The van der Waals surface area contributed by atoms with E-state index in [1.807, 2.05) is 24.3 Å². The summed E-state index contributed by atoms with van der Waals surface area (Å²) in [6.45, 7) is 3.49. The van der Waals surface area contributed by atoms with Crippen molar-refractivity contribution in [2.45, 2.75) is 0 Å². The monoisotopic (exact) mass is 433 g/mol. The molecule has 0 radical (unpaired) electrons. The molecular formula is C23H24FN7O. The van der Waals surface area contributed by atoms with Crippen molar-refractivity contribution in [3.63, 3.8) is 0 Å². The zero-order valence-electron chi connectivity index (χ0n) is 18.0. The number of aromatic nitrogens is 4. The second kappa shape index (κ2) is 8.08. The third-order valence-corrected chi connectivity index (χ3v) is 5.78. The van der Waals surface area contributed by atoms with Crippen LogP contribution in [0.5, 0.6) is 5.75 Å². The Balaban J connectivity index is 1.68. The lowest BCUT2D eigenvalue weighted by molar-refractivity contribution is 0.311. The lowest BCUT2D eigenvalue weighted by atomic mass is 10.1. The summed E-state index contributed by atoms with van der Waals surface area (Å²) < 4.78 is 20.5. The summed E-state index contributed by atoms with van der Waals surface area (Å²) in [7, 11) is 3.72. The standard InChI is InChI=1S/C23H24FN7O/c1-29-11-13-30(14-12-29)23-26-20(15-3-5-16(24)6-4-15)19-21(25)31(28-22(19)27-23)17-7-9-18(32-2)10-8-17/h3-10H,11-14,25H2,1-2H3. The molecule has 0 aliphatic carbocycles. The van der Waals surface area contributed by atoms with Crippen LogP contribution in [0.25, 0.3) is 28.0 Å². The van der Waals surface area contributed by atoms with Crippen molar-refractivity contribution in [3.05, 3.63) is 54.3 Å². The van der Waals surface area contributed by atoms with E-state index in [1.54, 1.807) is 23.9 Å². The Hall–Kier alpha value is -3.72. The fourth-order valence-corrected chi connectivity index (χ4v) is 3.88. The number of rotatable bonds is 4. The molecule has 1 aliphatic heterocycles. The van der Waals surface area contributed by atoms with Crippen molar-refractivity contribution in [1.82, 2.24) is 24.6 Å². The van der Waals surface area contributed by atoms with Crippen molar-refractivity contribution < 1.29 is 9.13 Å². The van der Waals surface area contributed by atoms with Crippen LogP contribution in [0.2, 0.25) is 0 Å². The summed E-state index contributed by atoms with van der Waals surface area (Å²) in [6, 6.07) is 13.7. The molecule has 0 amide bonds. The molecule has 1 saturated heterocycles. The lowest BCUT2D eigenvalue weighted by Crippen LogP contribution is -2.45. The molecule has 32 heavy (non-hydrogen) atoms. The highest BCUT2D eigenvalue weighted by atomic mass is 19.1.